The van der Waals surface area contributed by atoms with Gasteiger partial charge in [0.1, 0.15) is 5.65 Å². The number of pyridine rings is 1. The van der Waals surface area contributed by atoms with Gasteiger partial charge in [-0.1, -0.05) is 0 Å². The van der Waals surface area contributed by atoms with Crippen LogP contribution in [0.15, 0.2) is 17.1 Å². The van der Waals surface area contributed by atoms with Crippen molar-refractivity contribution < 1.29 is 27.2 Å². The van der Waals surface area contributed by atoms with Gasteiger partial charge in [-0.2, -0.15) is 4.98 Å². The van der Waals surface area contributed by atoms with Gasteiger partial charge in [-0.25, -0.2) is 17.7 Å². The second-order valence-corrected chi connectivity index (χ2v) is 9.14. The lowest BCUT2D eigenvalue weighted by atomic mass is 9.99. The van der Waals surface area contributed by atoms with Crippen LogP contribution < -0.4 is 10.9 Å². The van der Waals surface area contributed by atoms with E-state index in [1.165, 1.54) is 6.20 Å². The van der Waals surface area contributed by atoms with E-state index in [2.05, 4.69) is 15.3 Å². The molecule has 4 rings (SSSR count). The fourth-order valence-corrected chi connectivity index (χ4v) is 4.73. The zero-order chi connectivity index (χ0) is 30.1. The number of nitrogens with one attached hydrogen (secondary N) is 1. The molecule has 0 amide bonds. The van der Waals surface area contributed by atoms with E-state index in [9.17, 15) is 18.3 Å². The molecule has 0 bridgehead atoms. The van der Waals surface area contributed by atoms with Crippen molar-refractivity contribution in [1.29, 1.82) is 0 Å². The van der Waals surface area contributed by atoms with Crippen LogP contribution in [0, 0.1) is 6.85 Å². The van der Waals surface area contributed by atoms with Crippen molar-refractivity contribution in [2.75, 3.05) is 24.6 Å². The van der Waals surface area contributed by atoms with Gasteiger partial charge in [-0.05, 0) is 51.9 Å². The van der Waals surface area contributed by atoms with Crippen LogP contribution in [0.2, 0.25) is 0 Å². The summed E-state index contributed by atoms with van der Waals surface area (Å²) in [7, 11) is -4.57. The number of aliphatic hydroxyl groups is 1. The molecule has 0 aromatic carbocycles. The maximum atomic E-state index is 13.5. The van der Waals surface area contributed by atoms with Crippen LogP contribution in [0.4, 0.5) is 5.95 Å². The molecule has 1 aliphatic heterocycles. The predicted octanol–water partition coefficient (Wildman–Crippen LogP) is 1.41. The molecule has 9 nitrogen and oxygen atoms in total. The highest BCUT2D eigenvalue weighted by Gasteiger charge is 2.39. The van der Waals surface area contributed by atoms with Gasteiger partial charge in [0, 0.05) is 48.6 Å². The molecule has 2 aliphatic rings. The average molecular weight is 446 g/mol. The molecule has 2 unspecified atom stereocenters. The van der Waals surface area contributed by atoms with Gasteiger partial charge in [0.05, 0.1) is 19.2 Å². The lowest BCUT2D eigenvalue weighted by molar-refractivity contribution is 0.0266. The van der Waals surface area contributed by atoms with Crippen molar-refractivity contribution in [2.45, 2.75) is 63.5 Å². The number of nitrogens with zero attached hydrogens (tertiary/aromatic N) is 4. The van der Waals surface area contributed by atoms with Crippen molar-refractivity contribution in [3.05, 3.63) is 28.2 Å². The maximum absolute atomic E-state index is 13.5. The molecule has 2 atom stereocenters. The summed E-state index contributed by atoms with van der Waals surface area (Å²) in [5, 5.41) is 14.1. The van der Waals surface area contributed by atoms with Crippen molar-refractivity contribution in [3.8, 4) is 0 Å². The molecule has 2 fully saturated rings. The number of sulfonamides is 1. The van der Waals surface area contributed by atoms with Gasteiger partial charge in [0.25, 0.3) is 5.56 Å². The molecule has 0 spiro atoms. The number of hydrogen-bond donors (Lipinski definition) is 2. The smallest absolute Gasteiger partial charge is 0.255 e. The van der Waals surface area contributed by atoms with Crippen LogP contribution in [-0.2, 0) is 10.0 Å². The summed E-state index contributed by atoms with van der Waals surface area (Å²) in [5.74, 6) is -0.181. The summed E-state index contributed by atoms with van der Waals surface area (Å²) in [4.78, 5) is 21.9. The second kappa shape index (κ2) is 7.58. The summed E-state index contributed by atoms with van der Waals surface area (Å²) in [6.45, 7) is -6.26. The Morgan fingerprint density at radius 2 is 2.17 bits per heavy atom. The quantitative estimate of drug-likeness (QED) is 0.731. The van der Waals surface area contributed by atoms with E-state index in [0.29, 0.717) is 0 Å². The molecule has 3 heterocycles. The molecular weight excluding hydrogens is 406 g/mol. The van der Waals surface area contributed by atoms with Crippen molar-refractivity contribution in [3.63, 3.8) is 0 Å². The number of piperidine rings is 1. The molecule has 30 heavy (non-hydrogen) atoms. The van der Waals surface area contributed by atoms with Gasteiger partial charge in [0.2, 0.25) is 16.0 Å². The van der Waals surface area contributed by atoms with Gasteiger partial charge in [0.15, 0.2) is 0 Å². The lowest BCUT2D eigenvalue weighted by Crippen LogP contribution is -2.42. The van der Waals surface area contributed by atoms with Crippen LogP contribution in [0.25, 0.3) is 11.0 Å². The number of aryl methyl sites for hydroxylation is 1. The molecule has 10 heteroatoms. The summed E-state index contributed by atoms with van der Waals surface area (Å²) in [5.41, 5.74) is -4.09. The molecule has 164 valence electrons. The monoisotopic (exact) mass is 445 g/mol. The Morgan fingerprint density at radius 1 is 1.37 bits per heavy atom. The van der Waals surface area contributed by atoms with Crippen LogP contribution in [0.5, 0.6) is 0 Å². The van der Waals surface area contributed by atoms with E-state index in [1.54, 1.807) is 0 Å². The van der Waals surface area contributed by atoms with E-state index >= 15 is 0 Å². The maximum Gasteiger partial charge on any atom is 0.255 e. The lowest BCUT2D eigenvalue weighted by Gasteiger charge is -2.31. The first-order valence-corrected chi connectivity index (χ1v) is 11.0. The third-order valence-electron chi connectivity index (χ3n) is 5.63. The third-order valence-corrected chi connectivity index (χ3v) is 6.67. The van der Waals surface area contributed by atoms with Crippen molar-refractivity contribution in [2.24, 2.45) is 0 Å². The van der Waals surface area contributed by atoms with Crippen LogP contribution in [0.1, 0.15) is 64.3 Å². The Bertz CT molecular complexity index is 1470. The zero-order valence-corrected chi connectivity index (χ0v) is 16.9. The number of rotatable bonds is 4. The first-order chi connectivity index (χ1) is 18.1. The zero-order valence-electron chi connectivity index (χ0n) is 26.1. The topological polar surface area (TPSA) is 117 Å². The predicted molar refractivity (Wildman–Crippen MR) is 115 cm³/mol. The fraction of sp³-hybridized carbons (Fsp3) is 0.650. The van der Waals surface area contributed by atoms with Gasteiger partial charge in [-0.15, -0.1) is 0 Å². The Hall–Kier alpha value is -2.04. The Kier molecular flexibility index (Phi) is 3.06. The van der Waals surface area contributed by atoms with E-state index in [4.69, 9.17) is 13.7 Å². The number of aromatic nitrogens is 3. The highest BCUT2D eigenvalue weighted by Crippen LogP contribution is 2.39. The SMILES string of the molecule is [2H]C1(Nc2ncc3cc(C([2H])([2H])[2H])c(=O)n(C4CCCC4(O)C([2H])([2H])[2H])c3n2)CCN(S(=O)(=O)C([2H])([2H])[2H])CC1. The normalized spacial score (nSPS) is 33.6. The first-order valence-electron chi connectivity index (χ1n) is 14.5. The Morgan fingerprint density at radius 3 is 2.87 bits per heavy atom. The highest BCUT2D eigenvalue weighted by atomic mass is 32.2. The molecule has 2 N–H and O–H groups in total. The van der Waals surface area contributed by atoms with Gasteiger partial charge in [-0.3, -0.25) is 9.36 Å². The fourth-order valence-electron chi connectivity index (χ4n) is 4.06. The van der Waals surface area contributed by atoms with Crippen molar-refractivity contribution >= 4 is 27.0 Å². The molecule has 2 aromatic rings. The van der Waals surface area contributed by atoms with Gasteiger partial charge < -0.3 is 10.4 Å². The number of fused-ring (bicyclic) bond motifs is 1. The molecular formula is C20H29N5O4S. The molecule has 1 aliphatic carbocycles. The summed E-state index contributed by atoms with van der Waals surface area (Å²) in [6, 6.07) is -1.76. The highest BCUT2D eigenvalue weighted by molar-refractivity contribution is 7.88. The third kappa shape index (κ3) is 3.95. The van der Waals surface area contributed by atoms with E-state index in [0.717, 1.165) is 14.9 Å². The first kappa shape index (κ1) is 12.1. The summed E-state index contributed by atoms with van der Waals surface area (Å²) < 4.78 is 104. The second-order valence-electron chi connectivity index (χ2n) is 7.67. The Balaban J connectivity index is 1.76. The van der Waals surface area contributed by atoms with Crippen LogP contribution in [0.3, 0.4) is 0 Å². The summed E-state index contributed by atoms with van der Waals surface area (Å²) >= 11 is 0. The standard InChI is InChI=1S/C20H29N5O4S/c1-13-11-14-12-21-19(22-15-6-9-24(10-7-15)30(3,28)29)23-17(14)25(18(13)26)16-5-4-8-20(16,2)27/h11-12,15-16,27H,4-10H2,1-3H3,(H,21,22,23)/i1D3,2D3,3D3,15D. The largest absolute Gasteiger partial charge is 0.388 e. The molecule has 2 aromatic heterocycles. The van der Waals surface area contributed by atoms with E-state index in [-0.39, 0.29) is 62.2 Å². The van der Waals surface area contributed by atoms with Crippen molar-refractivity contribution in [1.82, 2.24) is 18.8 Å². The number of anilines is 1. The Labute approximate surface area is 190 Å². The number of hydrogen-bond acceptors (Lipinski definition) is 7. The van der Waals surface area contributed by atoms with Crippen LogP contribution >= 0.6 is 0 Å². The van der Waals surface area contributed by atoms with E-state index < -0.39 is 58.7 Å². The molecule has 1 saturated heterocycles. The molecule has 0 radical (unpaired) electrons. The van der Waals surface area contributed by atoms with Crippen LogP contribution in [-0.4, -0.2) is 63.3 Å². The minimum atomic E-state index is -4.57. The summed E-state index contributed by atoms with van der Waals surface area (Å²) in [6.07, 6.45) is -2.12. The molecule has 1 saturated carbocycles. The minimum Gasteiger partial charge on any atom is -0.388 e. The minimum absolute atomic E-state index is 0.0668. The average Bonchev–Trinajstić information content (AvgIpc) is 3.20. The van der Waals surface area contributed by atoms with Gasteiger partial charge >= 0.3 is 0 Å². The van der Waals surface area contributed by atoms with E-state index in [1.807, 2.05) is 0 Å².